The maximum atomic E-state index is 13.1. The van der Waals surface area contributed by atoms with Gasteiger partial charge in [0.1, 0.15) is 6.10 Å². The molecule has 0 radical (unpaired) electrons. The fraction of sp³-hybridized carbons (Fsp3) is 0.745. The molecule has 0 aliphatic carbocycles. The molecule has 6 nitrogen and oxygen atoms in total. The third-order valence-corrected chi connectivity index (χ3v) is 11.4. The van der Waals surface area contributed by atoms with Crippen LogP contribution in [0, 0.1) is 0 Å². The zero-order chi connectivity index (χ0) is 44.5. The van der Waals surface area contributed by atoms with Crippen LogP contribution in [0.4, 0.5) is 0 Å². The molecule has 0 aromatic carbocycles. The number of allylic oxidation sites excluding steroid dienone is 11. The normalized spacial score (nSPS) is 13.9. The molecule has 3 unspecified atom stereocenters. The largest absolute Gasteiger partial charge is 0.461 e. The van der Waals surface area contributed by atoms with Gasteiger partial charge in [0.2, 0.25) is 5.91 Å². The summed E-state index contributed by atoms with van der Waals surface area (Å²) < 4.78 is 5.84. The molecule has 0 spiro atoms. The maximum Gasteiger partial charge on any atom is 0.306 e. The second-order valence-corrected chi connectivity index (χ2v) is 17.3. The van der Waals surface area contributed by atoms with Crippen molar-refractivity contribution in [2.75, 3.05) is 6.61 Å². The maximum absolute atomic E-state index is 13.1. The molecule has 0 aromatic heterocycles. The summed E-state index contributed by atoms with van der Waals surface area (Å²) in [5.74, 6) is -0.617. The van der Waals surface area contributed by atoms with Gasteiger partial charge in [-0.3, -0.25) is 9.59 Å². The van der Waals surface area contributed by atoms with E-state index in [0.717, 1.165) is 57.8 Å². The summed E-state index contributed by atoms with van der Waals surface area (Å²) in [6, 6.07) is -0.742. The van der Waals surface area contributed by atoms with E-state index in [4.69, 9.17) is 4.74 Å². The molecule has 0 rings (SSSR count). The number of hydrogen-bond acceptors (Lipinski definition) is 5. The van der Waals surface area contributed by atoms with Crippen molar-refractivity contribution in [1.29, 1.82) is 0 Å². The third kappa shape index (κ3) is 43.7. The molecular formula is C55H97NO5. The Morgan fingerprint density at radius 1 is 0.508 bits per heavy atom. The highest BCUT2D eigenvalue weighted by Crippen LogP contribution is 2.16. The molecule has 3 N–H and O–H groups in total. The van der Waals surface area contributed by atoms with Gasteiger partial charge in [-0.05, 0) is 44.9 Å². The van der Waals surface area contributed by atoms with Gasteiger partial charge in [-0.1, -0.05) is 248 Å². The summed E-state index contributed by atoms with van der Waals surface area (Å²) >= 11 is 0. The molecule has 0 aliphatic heterocycles. The predicted molar refractivity (Wildman–Crippen MR) is 264 cm³/mol. The number of aliphatic hydroxyl groups is 2. The Kier molecular flexibility index (Phi) is 46.2. The fourth-order valence-corrected chi connectivity index (χ4v) is 7.51. The molecule has 0 bridgehead atoms. The minimum absolute atomic E-state index is 0.0234. The van der Waals surface area contributed by atoms with Gasteiger partial charge in [0.15, 0.2) is 0 Å². The van der Waals surface area contributed by atoms with Crippen molar-refractivity contribution in [3.8, 4) is 0 Å². The highest BCUT2D eigenvalue weighted by Gasteiger charge is 2.23. The van der Waals surface area contributed by atoms with Crippen LogP contribution in [-0.4, -0.2) is 46.9 Å². The Morgan fingerprint density at radius 3 is 1.38 bits per heavy atom. The van der Waals surface area contributed by atoms with Crippen LogP contribution in [0.5, 0.6) is 0 Å². The highest BCUT2D eigenvalue weighted by molar-refractivity contribution is 5.77. The number of amides is 1. The van der Waals surface area contributed by atoms with Gasteiger partial charge in [0.05, 0.1) is 25.2 Å². The van der Waals surface area contributed by atoms with E-state index in [1.165, 1.54) is 135 Å². The zero-order valence-electron chi connectivity index (χ0n) is 40.0. The molecule has 0 aromatic rings. The van der Waals surface area contributed by atoms with Crippen molar-refractivity contribution in [1.82, 2.24) is 5.32 Å². The topological polar surface area (TPSA) is 95.9 Å². The van der Waals surface area contributed by atoms with Crippen LogP contribution in [-0.2, 0) is 14.3 Å². The van der Waals surface area contributed by atoms with Crippen LogP contribution >= 0.6 is 0 Å². The number of hydrogen-bond donors (Lipinski definition) is 3. The second-order valence-electron chi connectivity index (χ2n) is 17.3. The van der Waals surface area contributed by atoms with Crippen molar-refractivity contribution in [3.63, 3.8) is 0 Å². The fourth-order valence-electron chi connectivity index (χ4n) is 7.51. The number of nitrogens with one attached hydrogen (secondary N) is 1. The second kappa shape index (κ2) is 48.3. The van der Waals surface area contributed by atoms with Crippen LogP contribution in [0.2, 0.25) is 0 Å². The van der Waals surface area contributed by atoms with E-state index in [-0.39, 0.29) is 24.9 Å². The average molecular weight is 852 g/mol. The Labute approximate surface area is 377 Å². The molecular weight excluding hydrogens is 755 g/mol. The summed E-state index contributed by atoms with van der Waals surface area (Å²) in [5.41, 5.74) is 0. The van der Waals surface area contributed by atoms with E-state index in [0.29, 0.717) is 19.3 Å². The first-order valence-electron chi connectivity index (χ1n) is 25.7. The zero-order valence-corrected chi connectivity index (χ0v) is 40.0. The monoisotopic (exact) mass is 852 g/mol. The average Bonchev–Trinajstić information content (AvgIpc) is 3.25. The Morgan fingerprint density at radius 2 is 0.918 bits per heavy atom. The van der Waals surface area contributed by atoms with E-state index < -0.39 is 18.2 Å². The highest BCUT2D eigenvalue weighted by atomic mass is 16.5. The number of unbranched alkanes of at least 4 members (excludes halogenated alkanes) is 26. The molecule has 0 saturated heterocycles. The lowest BCUT2D eigenvalue weighted by atomic mass is 10.0. The molecule has 0 fully saturated rings. The summed E-state index contributed by atoms with van der Waals surface area (Å²) in [6.45, 7) is 6.30. The lowest BCUT2D eigenvalue weighted by Gasteiger charge is -2.24. The van der Waals surface area contributed by atoms with Gasteiger partial charge in [0, 0.05) is 12.8 Å². The van der Waals surface area contributed by atoms with E-state index in [1.807, 2.05) is 54.7 Å². The molecule has 1 amide bonds. The van der Waals surface area contributed by atoms with Crippen molar-refractivity contribution in [2.45, 2.75) is 257 Å². The summed E-state index contributed by atoms with van der Waals surface area (Å²) in [4.78, 5) is 26.0. The number of esters is 1. The number of aliphatic hydroxyl groups excluding tert-OH is 2. The summed E-state index contributed by atoms with van der Waals surface area (Å²) in [7, 11) is 0. The third-order valence-electron chi connectivity index (χ3n) is 11.4. The first-order chi connectivity index (χ1) is 30.0. The molecule has 0 aliphatic rings. The first kappa shape index (κ1) is 58.3. The quantitative estimate of drug-likeness (QED) is 0.0245. The number of rotatable bonds is 45. The summed E-state index contributed by atoms with van der Waals surface area (Å²) in [6.07, 6.45) is 61.4. The number of carbonyl (C=O) groups is 2. The molecule has 0 saturated carbocycles. The van der Waals surface area contributed by atoms with Crippen molar-refractivity contribution in [2.24, 2.45) is 0 Å². The number of carbonyl (C=O) groups excluding carboxylic acids is 2. The van der Waals surface area contributed by atoms with Crippen LogP contribution in [0.25, 0.3) is 0 Å². The van der Waals surface area contributed by atoms with E-state index in [2.05, 4.69) is 44.3 Å². The van der Waals surface area contributed by atoms with E-state index >= 15 is 0 Å². The van der Waals surface area contributed by atoms with Gasteiger partial charge >= 0.3 is 5.97 Å². The van der Waals surface area contributed by atoms with Gasteiger partial charge in [-0.15, -0.1) is 0 Å². The Bertz CT molecular complexity index is 1140. The van der Waals surface area contributed by atoms with Crippen LogP contribution in [0.1, 0.15) is 239 Å². The molecule has 3 atom stereocenters. The Balaban J connectivity index is 4.62. The van der Waals surface area contributed by atoms with Gasteiger partial charge < -0.3 is 20.3 Å². The molecule has 61 heavy (non-hydrogen) atoms. The Hall–Kier alpha value is -2.70. The smallest absolute Gasteiger partial charge is 0.306 e. The van der Waals surface area contributed by atoms with Gasteiger partial charge in [-0.25, -0.2) is 0 Å². The molecule has 6 heteroatoms. The van der Waals surface area contributed by atoms with Crippen molar-refractivity contribution in [3.05, 3.63) is 72.9 Å². The van der Waals surface area contributed by atoms with Crippen LogP contribution < -0.4 is 5.32 Å². The lowest BCUT2D eigenvalue weighted by molar-refractivity contribution is -0.150. The standard InChI is InChI=1S/C55H97NO5/c1-4-7-10-13-16-19-22-24-25-26-27-28-30-33-36-39-42-45-48-55(60)61-51(46-43-40-37-34-31-21-18-15-12-9-6-3)49-54(59)56-52(50-57)53(58)47-44-41-38-35-32-29-23-20-17-14-11-8-5-2/h9,12,15,18,21,27-28,31,34,37,40,43,51-53,57-58H,4-8,10-11,13-14,16-17,19-20,22-26,29-30,32-33,35-36,38-39,41-42,44-50H2,1-3H3,(H,56,59)/b12-9+,18-15+,28-27+,31-21-,37-34-,43-40+. The lowest BCUT2D eigenvalue weighted by Crippen LogP contribution is -2.46. The SMILES string of the molecule is CC/C=C/C=C/C=C\C=C/C=C/CC(CC(=O)NC(CO)C(O)CCCCCCCCCCCCCCC)OC(=O)CCCCCCC/C=C/CCCCCCCCCCC. The van der Waals surface area contributed by atoms with Crippen LogP contribution in [0.3, 0.4) is 0 Å². The number of ether oxygens (including phenoxy) is 1. The van der Waals surface area contributed by atoms with Gasteiger partial charge in [-0.2, -0.15) is 0 Å². The van der Waals surface area contributed by atoms with Crippen molar-refractivity contribution < 1.29 is 24.5 Å². The minimum atomic E-state index is -0.821. The first-order valence-corrected chi connectivity index (χ1v) is 25.7. The van der Waals surface area contributed by atoms with Gasteiger partial charge in [0.25, 0.3) is 0 Å². The van der Waals surface area contributed by atoms with E-state index in [9.17, 15) is 19.8 Å². The molecule has 0 heterocycles. The van der Waals surface area contributed by atoms with Crippen molar-refractivity contribution >= 4 is 11.9 Å². The summed E-state index contributed by atoms with van der Waals surface area (Å²) in [5, 5.41) is 23.7. The molecule has 352 valence electrons. The minimum Gasteiger partial charge on any atom is -0.461 e. The van der Waals surface area contributed by atoms with E-state index in [1.54, 1.807) is 0 Å². The predicted octanol–water partition coefficient (Wildman–Crippen LogP) is 15.4. The van der Waals surface area contributed by atoms with Crippen LogP contribution in [0.15, 0.2) is 72.9 Å².